The van der Waals surface area contributed by atoms with Crippen LogP contribution in [0.5, 0.6) is 0 Å². The highest BCUT2D eigenvalue weighted by Gasteiger charge is 2.31. The number of aromatic nitrogens is 1. The Morgan fingerprint density at radius 2 is 2.11 bits per heavy atom. The second-order valence-electron chi connectivity index (χ2n) is 3.79. The number of imide groups is 1. The van der Waals surface area contributed by atoms with Crippen molar-refractivity contribution in [3.05, 3.63) is 24.4 Å². The van der Waals surface area contributed by atoms with Gasteiger partial charge in [-0.3, -0.25) is 14.9 Å². The molecule has 2 rings (SSSR count). The number of carbonyl (C=O) groups excluding carboxylic acids is 2. The number of hydrogen-bond donors (Lipinski definition) is 2. The first-order chi connectivity index (χ1) is 8.49. The summed E-state index contributed by atoms with van der Waals surface area (Å²) in [7, 11) is -3.84. The van der Waals surface area contributed by atoms with Crippen LogP contribution in [0.15, 0.2) is 29.4 Å². The average molecular weight is 269 g/mol. The number of nitrogens with zero attached hydrogens (tertiary/aromatic N) is 1. The molecule has 0 aromatic carbocycles. The molecule has 1 aromatic rings. The number of carbonyl (C=O) groups is 2. The monoisotopic (exact) mass is 269 g/mol. The van der Waals surface area contributed by atoms with Gasteiger partial charge in [0.1, 0.15) is 6.04 Å². The van der Waals surface area contributed by atoms with Gasteiger partial charge in [0.25, 0.3) is 10.0 Å². The quantitative estimate of drug-likeness (QED) is 0.696. The number of amides is 2. The number of hydrogen-bond acceptors (Lipinski definition) is 5. The second-order valence-corrected chi connectivity index (χ2v) is 5.45. The summed E-state index contributed by atoms with van der Waals surface area (Å²) >= 11 is 0. The molecule has 96 valence electrons. The number of nitrogens with one attached hydrogen (secondary N) is 2. The Kier molecular flexibility index (Phi) is 3.39. The van der Waals surface area contributed by atoms with E-state index < -0.39 is 27.9 Å². The van der Waals surface area contributed by atoms with Crippen LogP contribution in [-0.4, -0.2) is 31.3 Å². The van der Waals surface area contributed by atoms with Crippen molar-refractivity contribution >= 4 is 21.8 Å². The van der Waals surface area contributed by atoms with Crippen LogP contribution in [0.3, 0.4) is 0 Å². The van der Waals surface area contributed by atoms with Crippen molar-refractivity contribution in [1.29, 1.82) is 0 Å². The Bertz CT molecular complexity index is 570. The first-order valence-corrected chi connectivity index (χ1v) is 6.74. The highest BCUT2D eigenvalue weighted by Crippen LogP contribution is 2.09. The second kappa shape index (κ2) is 4.83. The lowest BCUT2D eigenvalue weighted by Crippen LogP contribution is -2.52. The van der Waals surface area contributed by atoms with Crippen LogP contribution in [0, 0.1) is 0 Å². The third-order valence-electron chi connectivity index (χ3n) is 2.45. The first kappa shape index (κ1) is 12.7. The molecule has 0 bridgehead atoms. The number of sulfonamides is 1. The third-order valence-corrected chi connectivity index (χ3v) is 3.84. The molecule has 8 heteroatoms. The van der Waals surface area contributed by atoms with Crippen molar-refractivity contribution in [3.8, 4) is 0 Å². The fraction of sp³-hybridized carbons (Fsp3) is 0.300. The molecule has 0 saturated carbocycles. The summed E-state index contributed by atoms with van der Waals surface area (Å²) in [6, 6.07) is 3.51. The Balaban J connectivity index is 2.14. The highest BCUT2D eigenvalue weighted by molar-refractivity contribution is 7.89. The van der Waals surface area contributed by atoms with Gasteiger partial charge in [0.15, 0.2) is 5.03 Å². The summed E-state index contributed by atoms with van der Waals surface area (Å²) in [6.07, 6.45) is 1.61. The Labute approximate surface area is 104 Å². The van der Waals surface area contributed by atoms with E-state index in [1.807, 2.05) is 0 Å². The van der Waals surface area contributed by atoms with Crippen LogP contribution >= 0.6 is 0 Å². The van der Waals surface area contributed by atoms with E-state index in [9.17, 15) is 18.0 Å². The van der Waals surface area contributed by atoms with Crippen LogP contribution in [0.1, 0.15) is 12.8 Å². The van der Waals surface area contributed by atoms with Gasteiger partial charge in [-0.15, -0.1) is 0 Å². The zero-order valence-electron chi connectivity index (χ0n) is 9.29. The smallest absolute Gasteiger partial charge is 0.258 e. The molecule has 2 amide bonds. The Hall–Kier alpha value is -1.80. The van der Waals surface area contributed by atoms with Crippen LogP contribution in [0.4, 0.5) is 0 Å². The van der Waals surface area contributed by atoms with E-state index in [1.165, 1.54) is 18.3 Å². The van der Waals surface area contributed by atoms with Crippen LogP contribution < -0.4 is 10.0 Å². The molecule has 18 heavy (non-hydrogen) atoms. The molecule has 1 aromatic heterocycles. The minimum absolute atomic E-state index is 0.112. The number of rotatable bonds is 3. The molecule has 1 fully saturated rings. The van der Waals surface area contributed by atoms with E-state index in [0.717, 1.165) is 0 Å². The van der Waals surface area contributed by atoms with Crippen molar-refractivity contribution in [2.75, 3.05) is 0 Å². The van der Waals surface area contributed by atoms with Crippen LogP contribution in [0.2, 0.25) is 0 Å². The molecule has 0 spiro atoms. The summed E-state index contributed by atoms with van der Waals surface area (Å²) in [5.74, 6) is -1.03. The van der Waals surface area contributed by atoms with E-state index in [1.54, 1.807) is 6.07 Å². The minimum Gasteiger partial charge on any atom is -0.295 e. The van der Waals surface area contributed by atoms with Crippen molar-refractivity contribution < 1.29 is 18.0 Å². The normalized spacial score (nSPS) is 20.6. The summed E-state index contributed by atoms with van der Waals surface area (Å²) in [5.41, 5.74) is 0. The van der Waals surface area contributed by atoms with Crippen molar-refractivity contribution in [2.24, 2.45) is 0 Å². The lowest BCUT2D eigenvalue weighted by Gasteiger charge is -2.21. The topological polar surface area (TPSA) is 105 Å². The van der Waals surface area contributed by atoms with E-state index in [4.69, 9.17) is 0 Å². The molecule has 1 aliphatic heterocycles. The molecule has 1 aliphatic rings. The SMILES string of the molecule is O=C1CCC(NS(=O)(=O)c2ccccn2)C(=O)N1. The van der Waals surface area contributed by atoms with Gasteiger partial charge >= 0.3 is 0 Å². The highest BCUT2D eigenvalue weighted by atomic mass is 32.2. The van der Waals surface area contributed by atoms with E-state index >= 15 is 0 Å². The Morgan fingerprint density at radius 3 is 2.72 bits per heavy atom. The summed E-state index contributed by atoms with van der Waals surface area (Å²) in [5, 5.41) is 1.92. The summed E-state index contributed by atoms with van der Waals surface area (Å²) in [4.78, 5) is 26.1. The number of pyridine rings is 1. The van der Waals surface area contributed by atoms with Crippen molar-refractivity contribution in [3.63, 3.8) is 0 Å². The molecule has 1 saturated heterocycles. The lowest BCUT2D eigenvalue weighted by molar-refractivity contribution is -0.134. The molecule has 7 nitrogen and oxygen atoms in total. The van der Waals surface area contributed by atoms with Gasteiger partial charge in [-0.1, -0.05) is 6.07 Å². The standard InChI is InChI=1S/C10H11N3O4S/c14-8-5-4-7(10(15)12-8)13-18(16,17)9-3-1-2-6-11-9/h1-3,6-7,13H,4-5H2,(H,12,14,15). The molecule has 1 atom stereocenters. The van der Waals surface area contributed by atoms with Gasteiger partial charge < -0.3 is 0 Å². The average Bonchev–Trinajstić information content (AvgIpc) is 2.34. The summed E-state index contributed by atoms with van der Waals surface area (Å²) < 4.78 is 26.0. The van der Waals surface area contributed by atoms with Gasteiger partial charge in [-0.25, -0.2) is 13.4 Å². The van der Waals surface area contributed by atoms with E-state index in [-0.39, 0.29) is 17.9 Å². The zero-order valence-corrected chi connectivity index (χ0v) is 10.1. The Morgan fingerprint density at radius 1 is 1.33 bits per heavy atom. The van der Waals surface area contributed by atoms with Gasteiger partial charge in [0.05, 0.1) is 0 Å². The van der Waals surface area contributed by atoms with Crippen molar-refractivity contribution in [2.45, 2.75) is 23.9 Å². The summed E-state index contributed by atoms with van der Waals surface area (Å²) in [6.45, 7) is 0. The molecular formula is C10H11N3O4S. The molecule has 0 radical (unpaired) electrons. The van der Waals surface area contributed by atoms with Crippen LogP contribution in [-0.2, 0) is 19.6 Å². The minimum atomic E-state index is -3.84. The first-order valence-electron chi connectivity index (χ1n) is 5.26. The maximum absolute atomic E-state index is 11.9. The lowest BCUT2D eigenvalue weighted by atomic mass is 10.1. The molecule has 2 N–H and O–H groups in total. The van der Waals surface area contributed by atoms with Gasteiger partial charge in [-0.2, -0.15) is 4.72 Å². The largest absolute Gasteiger partial charge is 0.295 e. The molecule has 1 unspecified atom stereocenters. The maximum atomic E-state index is 11.9. The molecule has 2 heterocycles. The van der Waals surface area contributed by atoms with Crippen molar-refractivity contribution in [1.82, 2.24) is 15.0 Å². The van der Waals surface area contributed by atoms with Gasteiger partial charge in [-0.05, 0) is 18.6 Å². The fourth-order valence-corrected chi connectivity index (χ4v) is 2.74. The predicted octanol–water partition coefficient (Wildman–Crippen LogP) is -0.835. The van der Waals surface area contributed by atoms with Crippen LogP contribution in [0.25, 0.3) is 0 Å². The third kappa shape index (κ3) is 2.71. The van der Waals surface area contributed by atoms with E-state index in [2.05, 4.69) is 15.0 Å². The van der Waals surface area contributed by atoms with Gasteiger partial charge in [0.2, 0.25) is 11.8 Å². The number of piperidine rings is 1. The molecular weight excluding hydrogens is 258 g/mol. The molecule has 0 aliphatic carbocycles. The van der Waals surface area contributed by atoms with Gasteiger partial charge in [0, 0.05) is 12.6 Å². The van der Waals surface area contributed by atoms with E-state index in [0.29, 0.717) is 0 Å². The predicted molar refractivity (Wildman–Crippen MR) is 60.7 cm³/mol. The maximum Gasteiger partial charge on any atom is 0.258 e. The fourth-order valence-electron chi connectivity index (χ4n) is 1.56. The zero-order chi connectivity index (χ0) is 13.2.